The van der Waals surface area contributed by atoms with Crippen molar-refractivity contribution >= 4 is 28.9 Å². The van der Waals surface area contributed by atoms with Crippen molar-refractivity contribution in [3.05, 3.63) is 71.0 Å². The lowest BCUT2D eigenvalue weighted by molar-refractivity contribution is 0.0943. The summed E-state index contributed by atoms with van der Waals surface area (Å²) in [5.41, 5.74) is 5.67. The van der Waals surface area contributed by atoms with Crippen LogP contribution in [-0.2, 0) is 18.4 Å². The zero-order chi connectivity index (χ0) is 24.3. The van der Waals surface area contributed by atoms with Gasteiger partial charge < -0.3 is 21.3 Å². The number of amides is 1. The van der Waals surface area contributed by atoms with Crippen molar-refractivity contribution in [3.8, 4) is 0 Å². The Morgan fingerprint density at radius 2 is 1.85 bits per heavy atom. The highest BCUT2D eigenvalue weighted by Crippen LogP contribution is 2.28. The molecule has 1 aliphatic rings. The topological polar surface area (TPSA) is 91.0 Å². The second-order valence-electron chi connectivity index (χ2n) is 10.1. The minimum Gasteiger partial charge on any atom is -0.350 e. The highest BCUT2D eigenvalue weighted by molar-refractivity contribution is 6.00. The number of anilines is 4. The average Bonchev–Trinajstić information content (AvgIpc) is 2.78. The van der Waals surface area contributed by atoms with Crippen LogP contribution in [0.15, 0.2) is 48.7 Å². The summed E-state index contributed by atoms with van der Waals surface area (Å²) in [6.45, 7) is 12.2. The van der Waals surface area contributed by atoms with Crippen molar-refractivity contribution in [2.45, 2.75) is 59.0 Å². The van der Waals surface area contributed by atoms with E-state index in [-0.39, 0.29) is 17.4 Å². The fourth-order valence-electron chi connectivity index (χ4n) is 3.91. The zero-order valence-corrected chi connectivity index (χ0v) is 20.6. The summed E-state index contributed by atoms with van der Waals surface area (Å²) < 4.78 is 0. The lowest BCUT2D eigenvalue weighted by Gasteiger charge is -2.20. The van der Waals surface area contributed by atoms with Gasteiger partial charge in [-0.25, -0.2) is 9.97 Å². The van der Waals surface area contributed by atoms with Gasteiger partial charge in [0.25, 0.3) is 5.91 Å². The van der Waals surface area contributed by atoms with Gasteiger partial charge in [-0.3, -0.25) is 4.79 Å². The van der Waals surface area contributed by atoms with Crippen LogP contribution in [0.4, 0.5) is 23.0 Å². The van der Waals surface area contributed by atoms with E-state index in [0.717, 1.165) is 30.9 Å². The van der Waals surface area contributed by atoms with Crippen molar-refractivity contribution in [2.75, 3.05) is 17.2 Å². The number of pyridine rings is 2. The Hall–Kier alpha value is -3.45. The Morgan fingerprint density at radius 3 is 2.62 bits per heavy atom. The quantitative estimate of drug-likeness (QED) is 0.413. The number of carbonyl (C=O) groups excluding carboxylic acids is 1. The number of nitrogens with one attached hydrogen (secondary N) is 4. The second-order valence-corrected chi connectivity index (χ2v) is 10.1. The fraction of sp³-hybridized carbons (Fsp3) is 0.370. The molecule has 1 aliphatic heterocycles. The highest BCUT2D eigenvalue weighted by atomic mass is 16.1. The number of hydrogen-bond donors (Lipinski definition) is 4. The molecule has 3 aromatic rings. The molecule has 1 amide bonds. The van der Waals surface area contributed by atoms with Crippen LogP contribution >= 0.6 is 0 Å². The van der Waals surface area contributed by atoms with E-state index in [0.29, 0.717) is 22.9 Å². The third kappa shape index (κ3) is 5.72. The van der Waals surface area contributed by atoms with Gasteiger partial charge in [0.2, 0.25) is 0 Å². The highest BCUT2D eigenvalue weighted by Gasteiger charge is 2.18. The predicted octanol–water partition coefficient (Wildman–Crippen LogP) is 5.05. The summed E-state index contributed by atoms with van der Waals surface area (Å²) in [6, 6.07) is 14.2. The molecule has 0 unspecified atom stereocenters. The summed E-state index contributed by atoms with van der Waals surface area (Å²) in [6.07, 6.45) is 2.62. The van der Waals surface area contributed by atoms with Gasteiger partial charge in [-0.2, -0.15) is 0 Å². The van der Waals surface area contributed by atoms with Gasteiger partial charge in [0.05, 0.1) is 11.3 Å². The van der Waals surface area contributed by atoms with Gasteiger partial charge >= 0.3 is 0 Å². The van der Waals surface area contributed by atoms with E-state index in [2.05, 4.69) is 65.2 Å². The molecule has 7 heteroatoms. The molecule has 34 heavy (non-hydrogen) atoms. The van der Waals surface area contributed by atoms with Gasteiger partial charge in [-0.1, -0.05) is 32.9 Å². The van der Waals surface area contributed by atoms with Crippen molar-refractivity contribution in [3.63, 3.8) is 0 Å². The molecule has 0 spiro atoms. The van der Waals surface area contributed by atoms with Crippen LogP contribution in [0.2, 0.25) is 0 Å². The molecule has 4 rings (SSSR count). The Labute approximate surface area is 201 Å². The zero-order valence-electron chi connectivity index (χ0n) is 20.6. The number of rotatable bonds is 6. The molecule has 2 aromatic heterocycles. The number of aromatic nitrogens is 2. The number of nitrogens with zero attached hydrogens (tertiary/aromatic N) is 2. The summed E-state index contributed by atoms with van der Waals surface area (Å²) in [5, 5.41) is 13.1. The maximum atomic E-state index is 12.9. The average molecular weight is 459 g/mol. The molecule has 0 aliphatic carbocycles. The van der Waals surface area contributed by atoms with Crippen molar-refractivity contribution in [1.29, 1.82) is 0 Å². The maximum Gasteiger partial charge on any atom is 0.255 e. The van der Waals surface area contributed by atoms with E-state index < -0.39 is 0 Å². The lowest BCUT2D eigenvalue weighted by Crippen LogP contribution is -2.30. The van der Waals surface area contributed by atoms with Gasteiger partial charge in [-0.15, -0.1) is 0 Å². The van der Waals surface area contributed by atoms with Crippen molar-refractivity contribution in [2.24, 2.45) is 0 Å². The van der Waals surface area contributed by atoms with Crippen LogP contribution in [0.5, 0.6) is 0 Å². The monoisotopic (exact) mass is 458 g/mol. The lowest BCUT2D eigenvalue weighted by atomic mass is 9.92. The Morgan fingerprint density at radius 1 is 1.03 bits per heavy atom. The largest absolute Gasteiger partial charge is 0.350 e. The summed E-state index contributed by atoms with van der Waals surface area (Å²) >= 11 is 0. The molecule has 0 saturated heterocycles. The number of benzene rings is 1. The normalized spacial score (nSPS) is 13.4. The SMILES string of the molecule is CC(C)NC(=O)c1cnc(Nc2ccc3c(c2)CCNC3)cc1Nc1cccc(C(C)(C)C)n1. The number of hydrogen-bond acceptors (Lipinski definition) is 6. The first-order valence-corrected chi connectivity index (χ1v) is 11.8. The third-order valence-corrected chi connectivity index (χ3v) is 5.71. The summed E-state index contributed by atoms with van der Waals surface area (Å²) in [7, 11) is 0. The fourth-order valence-corrected chi connectivity index (χ4v) is 3.91. The molecular weight excluding hydrogens is 424 g/mol. The van der Waals surface area contributed by atoms with Crippen molar-refractivity contribution in [1.82, 2.24) is 20.6 Å². The molecule has 0 fully saturated rings. The van der Waals surface area contributed by atoms with Crippen LogP contribution in [0.25, 0.3) is 0 Å². The molecule has 4 N–H and O–H groups in total. The minimum absolute atomic E-state index is 0.0190. The van der Waals surface area contributed by atoms with E-state index in [1.807, 2.05) is 38.1 Å². The van der Waals surface area contributed by atoms with Crippen molar-refractivity contribution < 1.29 is 4.79 Å². The van der Waals surface area contributed by atoms with E-state index in [1.165, 1.54) is 11.1 Å². The van der Waals surface area contributed by atoms with Gasteiger partial charge in [0.15, 0.2) is 0 Å². The molecule has 1 aromatic carbocycles. The third-order valence-electron chi connectivity index (χ3n) is 5.71. The summed E-state index contributed by atoms with van der Waals surface area (Å²) in [5.74, 6) is 1.17. The first kappa shape index (κ1) is 23.7. The predicted molar refractivity (Wildman–Crippen MR) is 138 cm³/mol. The Balaban J connectivity index is 1.65. The molecule has 0 bridgehead atoms. The van der Waals surface area contributed by atoms with Gasteiger partial charge in [0, 0.05) is 41.6 Å². The molecule has 0 radical (unpaired) electrons. The van der Waals surface area contributed by atoms with Crippen LogP contribution in [0.1, 0.15) is 61.8 Å². The molecular formula is C27H34N6O. The smallest absolute Gasteiger partial charge is 0.255 e. The number of carbonyl (C=O) groups is 1. The number of fused-ring (bicyclic) bond motifs is 1. The minimum atomic E-state index is -0.176. The van der Waals surface area contributed by atoms with Crippen LogP contribution < -0.4 is 21.3 Å². The molecule has 178 valence electrons. The first-order chi connectivity index (χ1) is 16.2. The van der Waals surface area contributed by atoms with E-state index in [4.69, 9.17) is 4.98 Å². The van der Waals surface area contributed by atoms with Crippen LogP contribution in [0, 0.1) is 0 Å². The molecule has 0 saturated carbocycles. The summed E-state index contributed by atoms with van der Waals surface area (Å²) in [4.78, 5) is 22.2. The standard InChI is InChI=1S/C27H34N6O/c1-17(2)30-26(34)21-16-29-25(31-20-10-9-19-15-28-12-11-18(19)13-20)14-22(21)32-24-8-6-7-23(33-24)27(3,4)5/h6-10,13-14,16-17,28H,11-12,15H2,1-5H3,(H,30,34)(H2,29,31,32,33). The Bertz CT molecular complexity index is 1180. The van der Waals surface area contributed by atoms with E-state index in [1.54, 1.807) is 6.20 Å². The van der Waals surface area contributed by atoms with E-state index in [9.17, 15) is 4.79 Å². The first-order valence-electron chi connectivity index (χ1n) is 11.8. The van der Waals surface area contributed by atoms with E-state index >= 15 is 0 Å². The molecule has 0 atom stereocenters. The van der Waals surface area contributed by atoms with Crippen LogP contribution in [0.3, 0.4) is 0 Å². The van der Waals surface area contributed by atoms with Gasteiger partial charge in [0.1, 0.15) is 11.6 Å². The second kappa shape index (κ2) is 9.81. The van der Waals surface area contributed by atoms with Crippen LogP contribution in [-0.4, -0.2) is 28.5 Å². The van der Waals surface area contributed by atoms with Gasteiger partial charge in [-0.05, 0) is 62.2 Å². The maximum absolute atomic E-state index is 12.9. The molecule has 7 nitrogen and oxygen atoms in total. The Kier molecular flexibility index (Phi) is 6.84. The molecule has 3 heterocycles.